The summed E-state index contributed by atoms with van der Waals surface area (Å²) in [5.74, 6) is 0. The predicted molar refractivity (Wildman–Crippen MR) is 111 cm³/mol. The monoisotopic (exact) mass is 384 g/mol. The summed E-state index contributed by atoms with van der Waals surface area (Å²) in [7, 11) is -4.24. The Kier molecular flexibility index (Phi) is 11.4. The van der Waals surface area contributed by atoms with Crippen LogP contribution in [0.2, 0.25) is 0 Å². The van der Waals surface area contributed by atoms with Crippen molar-refractivity contribution in [2.45, 2.75) is 78.1 Å². The van der Waals surface area contributed by atoms with Gasteiger partial charge in [0.15, 0.2) is 0 Å². The minimum atomic E-state index is -4.24. The van der Waals surface area contributed by atoms with Crippen molar-refractivity contribution >= 4 is 21.7 Å². The summed E-state index contributed by atoms with van der Waals surface area (Å²) in [4.78, 5) is 0. The van der Waals surface area contributed by atoms with E-state index in [1.807, 2.05) is 19.1 Å². The van der Waals surface area contributed by atoms with Crippen LogP contribution in [0.5, 0.6) is 0 Å². The van der Waals surface area contributed by atoms with E-state index in [1.165, 1.54) is 44.9 Å². The smallest absolute Gasteiger partial charge is 0.359 e. The molecule has 6 heteroatoms. The quantitative estimate of drug-likeness (QED) is 0.303. The molecule has 0 saturated carbocycles. The van der Waals surface area contributed by atoms with Crippen LogP contribution in [0.3, 0.4) is 0 Å². The second-order valence-corrected chi connectivity index (χ2v) is 8.15. The summed E-state index contributed by atoms with van der Waals surface area (Å²) in [5.41, 5.74) is 1.44. The Balaban J connectivity index is 2.33. The molecule has 1 rings (SSSR count). The van der Waals surface area contributed by atoms with Gasteiger partial charge in [-0.2, -0.15) is 8.42 Å². The molecule has 0 atom stereocenters. The van der Waals surface area contributed by atoms with Crippen molar-refractivity contribution in [2.75, 3.05) is 22.7 Å². The van der Waals surface area contributed by atoms with Crippen LogP contribution in [-0.2, 0) is 10.3 Å². The number of hydrogen-bond donors (Lipinski definition) is 2. The van der Waals surface area contributed by atoms with E-state index in [-0.39, 0.29) is 0 Å². The highest BCUT2D eigenvalue weighted by Crippen LogP contribution is 2.21. The first-order chi connectivity index (χ1) is 12.5. The standard InChI is InChI=1S/C20H36N2O3S/c1-3-5-6-7-8-9-10-11-12-13-18-22(26(23,24)25)20-16-14-19(15-17-20)21-4-2/h14-17,21H,3-13,18H2,1-2H3,(H,23,24,25). The number of benzene rings is 1. The summed E-state index contributed by atoms with van der Waals surface area (Å²) in [6.07, 6.45) is 11.9. The fourth-order valence-electron chi connectivity index (χ4n) is 3.07. The van der Waals surface area contributed by atoms with Gasteiger partial charge in [-0.25, -0.2) is 4.31 Å². The van der Waals surface area contributed by atoms with Gasteiger partial charge < -0.3 is 5.32 Å². The van der Waals surface area contributed by atoms with E-state index in [1.54, 1.807) is 12.1 Å². The van der Waals surface area contributed by atoms with Gasteiger partial charge in [0.25, 0.3) is 0 Å². The SMILES string of the molecule is CCCCCCCCCCCCN(c1ccc(NCC)cc1)S(=O)(=O)O. The molecule has 150 valence electrons. The maximum Gasteiger partial charge on any atom is 0.359 e. The summed E-state index contributed by atoms with van der Waals surface area (Å²) < 4.78 is 34.0. The molecule has 5 nitrogen and oxygen atoms in total. The molecular weight excluding hydrogens is 348 g/mol. The first-order valence-corrected chi connectivity index (χ1v) is 11.5. The maximum atomic E-state index is 11.7. The summed E-state index contributed by atoms with van der Waals surface area (Å²) >= 11 is 0. The average molecular weight is 385 g/mol. The molecule has 0 spiro atoms. The van der Waals surface area contributed by atoms with Gasteiger partial charge in [-0.05, 0) is 37.6 Å². The second kappa shape index (κ2) is 13.0. The molecule has 0 radical (unpaired) electrons. The molecule has 0 amide bonds. The Morgan fingerprint density at radius 2 is 1.35 bits per heavy atom. The summed E-state index contributed by atoms with van der Waals surface area (Å²) in [6.45, 7) is 5.35. The number of anilines is 2. The van der Waals surface area contributed by atoms with Crippen molar-refractivity contribution in [1.82, 2.24) is 0 Å². The van der Waals surface area contributed by atoms with Crippen LogP contribution in [0.25, 0.3) is 0 Å². The third-order valence-electron chi connectivity index (χ3n) is 4.53. The molecule has 0 saturated heterocycles. The number of nitrogens with one attached hydrogen (secondary N) is 1. The van der Waals surface area contributed by atoms with E-state index in [9.17, 15) is 13.0 Å². The first-order valence-electron chi connectivity index (χ1n) is 10.1. The number of unbranched alkanes of at least 4 members (excludes halogenated alkanes) is 9. The van der Waals surface area contributed by atoms with Crippen LogP contribution < -0.4 is 9.62 Å². The van der Waals surface area contributed by atoms with E-state index in [0.29, 0.717) is 12.2 Å². The lowest BCUT2D eigenvalue weighted by Crippen LogP contribution is -2.31. The van der Waals surface area contributed by atoms with E-state index in [0.717, 1.165) is 35.8 Å². The van der Waals surface area contributed by atoms with Crippen LogP contribution in [0, 0.1) is 0 Å². The highest BCUT2D eigenvalue weighted by Gasteiger charge is 2.18. The molecule has 1 aromatic carbocycles. The summed E-state index contributed by atoms with van der Waals surface area (Å²) in [6, 6.07) is 7.11. The van der Waals surface area contributed by atoms with Crippen LogP contribution in [0.15, 0.2) is 24.3 Å². The maximum absolute atomic E-state index is 11.7. The third kappa shape index (κ3) is 9.43. The highest BCUT2D eigenvalue weighted by atomic mass is 32.2. The van der Waals surface area contributed by atoms with Gasteiger partial charge in [-0.15, -0.1) is 0 Å². The Hall–Kier alpha value is -1.27. The van der Waals surface area contributed by atoms with Crippen LogP contribution in [0.4, 0.5) is 11.4 Å². The molecule has 0 aliphatic heterocycles. The van der Waals surface area contributed by atoms with E-state index in [2.05, 4.69) is 12.2 Å². The van der Waals surface area contributed by atoms with Gasteiger partial charge in [-0.1, -0.05) is 64.7 Å². The largest absolute Gasteiger partial charge is 0.385 e. The van der Waals surface area contributed by atoms with E-state index in [4.69, 9.17) is 0 Å². The molecule has 0 aliphatic rings. The molecule has 26 heavy (non-hydrogen) atoms. The third-order valence-corrected chi connectivity index (χ3v) is 5.48. The van der Waals surface area contributed by atoms with Gasteiger partial charge in [0.2, 0.25) is 0 Å². The Bertz CT molecular complexity index is 573. The van der Waals surface area contributed by atoms with Gasteiger partial charge >= 0.3 is 10.3 Å². The molecule has 0 fully saturated rings. The highest BCUT2D eigenvalue weighted by molar-refractivity contribution is 7.87. The van der Waals surface area contributed by atoms with Gasteiger partial charge in [0.05, 0.1) is 5.69 Å². The number of nitrogens with zero attached hydrogens (tertiary/aromatic N) is 1. The first kappa shape index (κ1) is 22.8. The van der Waals surface area contributed by atoms with Crippen molar-refractivity contribution in [3.8, 4) is 0 Å². The van der Waals surface area contributed by atoms with Crippen molar-refractivity contribution in [3.05, 3.63) is 24.3 Å². The lowest BCUT2D eigenvalue weighted by molar-refractivity contribution is 0.475. The van der Waals surface area contributed by atoms with Gasteiger partial charge in [0, 0.05) is 18.8 Å². The Morgan fingerprint density at radius 3 is 1.81 bits per heavy atom. The van der Waals surface area contributed by atoms with Gasteiger partial charge in [0.1, 0.15) is 0 Å². The van der Waals surface area contributed by atoms with E-state index >= 15 is 0 Å². The molecule has 0 aliphatic carbocycles. The lowest BCUT2D eigenvalue weighted by Gasteiger charge is -2.21. The molecule has 2 N–H and O–H groups in total. The minimum absolute atomic E-state index is 0.315. The molecule has 0 heterocycles. The molecule has 0 bridgehead atoms. The topological polar surface area (TPSA) is 69.6 Å². The summed E-state index contributed by atoms with van der Waals surface area (Å²) in [5, 5.41) is 3.17. The zero-order valence-electron chi connectivity index (χ0n) is 16.4. The zero-order valence-corrected chi connectivity index (χ0v) is 17.2. The number of rotatable bonds is 15. The molecular formula is C20H36N2O3S. The average Bonchev–Trinajstić information content (AvgIpc) is 2.60. The van der Waals surface area contributed by atoms with Crippen molar-refractivity contribution in [1.29, 1.82) is 0 Å². The van der Waals surface area contributed by atoms with Crippen molar-refractivity contribution in [2.24, 2.45) is 0 Å². The second-order valence-electron chi connectivity index (χ2n) is 6.81. The predicted octanol–water partition coefficient (Wildman–Crippen LogP) is 5.65. The molecule has 0 aromatic heterocycles. The minimum Gasteiger partial charge on any atom is -0.385 e. The Morgan fingerprint density at radius 1 is 0.846 bits per heavy atom. The lowest BCUT2D eigenvalue weighted by atomic mass is 10.1. The fourth-order valence-corrected chi connectivity index (χ4v) is 3.82. The van der Waals surface area contributed by atoms with Crippen LogP contribution in [-0.4, -0.2) is 26.1 Å². The Labute approximate surface area is 160 Å². The van der Waals surface area contributed by atoms with Crippen molar-refractivity contribution < 1.29 is 13.0 Å². The fraction of sp³-hybridized carbons (Fsp3) is 0.700. The van der Waals surface area contributed by atoms with Crippen LogP contribution >= 0.6 is 0 Å². The van der Waals surface area contributed by atoms with Gasteiger partial charge in [-0.3, -0.25) is 4.55 Å². The van der Waals surface area contributed by atoms with E-state index < -0.39 is 10.3 Å². The zero-order chi connectivity index (χ0) is 19.3. The normalized spacial score (nSPS) is 11.5. The molecule has 0 unspecified atom stereocenters. The van der Waals surface area contributed by atoms with Crippen LogP contribution in [0.1, 0.15) is 78.1 Å². The number of hydrogen-bond acceptors (Lipinski definition) is 3. The molecule has 1 aromatic rings. The van der Waals surface area contributed by atoms with Crippen molar-refractivity contribution in [3.63, 3.8) is 0 Å².